The van der Waals surface area contributed by atoms with Gasteiger partial charge in [0.1, 0.15) is 17.0 Å². The van der Waals surface area contributed by atoms with Crippen LogP contribution in [0.4, 0.5) is 0 Å². The number of carbonyl (C=O) groups is 3. The highest BCUT2D eigenvalue weighted by Gasteiger charge is 2.42. The third kappa shape index (κ3) is 5.86. The molecule has 0 radical (unpaired) electrons. The van der Waals surface area contributed by atoms with Gasteiger partial charge in [-0.15, -0.1) is 0 Å². The lowest BCUT2D eigenvalue weighted by atomic mass is 9.78. The van der Waals surface area contributed by atoms with Crippen molar-refractivity contribution >= 4 is 17.7 Å². The van der Waals surface area contributed by atoms with Crippen molar-refractivity contribution in [2.45, 2.75) is 72.0 Å². The summed E-state index contributed by atoms with van der Waals surface area (Å²) in [4.78, 5) is 36.2. The van der Waals surface area contributed by atoms with Crippen LogP contribution in [0.3, 0.4) is 0 Å². The van der Waals surface area contributed by atoms with E-state index in [1.807, 2.05) is 0 Å². The van der Waals surface area contributed by atoms with Gasteiger partial charge in [-0.05, 0) is 48.0 Å². The van der Waals surface area contributed by atoms with E-state index in [-0.39, 0.29) is 12.2 Å². The van der Waals surface area contributed by atoms with Gasteiger partial charge in [-0.1, -0.05) is 0 Å². The Kier molecular flexibility index (Phi) is 5.18. The van der Waals surface area contributed by atoms with E-state index in [4.69, 9.17) is 9.47 Å². The number of esters is 2. The lowest BCUT2D eigenvalue weighted by Crippen LogP contribution is -2.41. The highest BCUT2D eigenvalue weighted by molar-refractivity contribution is 5.90. The second kappa shape index (κ2) is 6.16. The molecule has 0 saturated heterocycles. The Bertz CT molecular complexity index is 425. The van der Waals surface area contributed by atoms with Crippen molar-refractivity contribution in [2.75, 3.05) is 0 Å². The minimum Gasteiger partial charge on any atom is -0.460 e. The van der Waals surface area contributed by atoms with Gasteiger partial charge in [0, 0.05) is 12.8 Å². The van der Waals surface area contributed by atoms with E-state index < -0.39 is 35.0 Å². The van der Waals surface area contributed by atoms with Crippen LogP contribution in [0.25, 0.3) is 0 Å². The van der Waals surface area contributed by atoms with Crippen LogP contribution < -0.4 is 0 Å². The van der Waals surface area contributed by atoms with Gasteiger partial charge in [-0.2, -0.15) is 0 Å². The third-order valence-corrected chi connectivity index (χ3v) is 3.09. The quantitative estimate of drug-likeness (QED) is 0.733. The molecule has 0 spiro atoms. The molecule has 1 fully saturated rings. The number of ether oxygens (including phenoxy) is 2. The molecule has 0 aromatic rings. The first-order valence-electron chi connectivity index (χ1n) is 7.36. The first kappa shape index (κ1) is 17.7. The second-order valence-electron chi connectivity index (χ2n) is 7.56. The van der Waals surface area contributed by atoms with Crippen LogP contribution in [0, 0.1) is 11.8 Å². The number of ketones is 1. The molecule has 1 saturated carbocycles. The fourth-order valence-corrected chi connectivity index (χ4v) is 2.29. The second-order valence-corrected chi connectivity index (χ2v) is 7.56. The lowest BCUT2D eigenvalue weighted by molar-refractivity contribution is -0.175. The zero-order valence-electron chi connectivity index (χ0n) is 13.8. The average Bonchev–Trinajstić information content (AvgIpc) is 2.23. The highest BCUT2D eigenvalue weighted by atomic mass is 16.6. The summed E-state index contributed by atoms with van der Waals surface area (Å²) in [6, 6.07) is 0. The third-order valence-electron chi connectivity index (χ3n) is 3.09. The number of hydrogen-bond acceptors (Lipinski definition) is 5. The van der Waals surface area contributed by atoms with E-state index in [1.165, 1.54) is 0 Å². The van der Waals surface area contributed by atoms with Crippen molar-refractivity contribution in [3.63, 3.8) is 0 Å². The molecule has 120 valence electrons. The van der Waals surface area contributed by atoms with E-state index in [9.17, 15) is 14.4 Å². The van der Waals surface area contributed by atoms with Crippen molar-refractivity contribution in [1.82, 2.24) is 0 Å². The van der Waals surface area contributed by atoms with Gasteiger partial charge in [0.2, 0.25) is 0 Å². The molecule has 0 amide bonds. The summed E-state index contributed by atoms with van der Waals surface area (Å²) in [7, 11) is 0. The highest BCUT2D eigenvalue weighted by Crippen LogP contribution is 2.32. The van der Waals surface area contributed by atoms with Crippen molar-refractivity contribution in [1.29, 1.82) is 0 Å². The molecule has 1 aliphatic carbocycles. The molecule has 21 heavy (non-hydrogen) atoms. The van der Waals surface area contributed by atoms with Crippen molar-refractivity contribution in [3.8, 4) is 0 Å². The summed E-state index contributed by atoms with van der Waals surface area (Å²) in [5, 5.41) is 0. The van der Waals surface area contributed by atoms with Gasteiger partial charge < -0.3 is 9.47 Å². The van der Waals surface area contributed by atoms with E-state index in [2.05, 4.69) is 0 Å². The Balaban J connectivity index is 2.86. The predicted molar refractivity (Wildman–Crippen MR) is 77.5 cm³/mol. The smallest absolute Gasteiger partial charge is 0.310 e. The van der Waals surface area contributed by atoms with Gasteiger partial charge in [0.15, 0.2) is 0 Å². The van der Waals surface area contributed by atoms with Crippen LogP contribution in [-0.2, 0) is 23.9 Å². The Hall–Kier alpha value is -1.39. The Morgan fingerprint density at radius 2 is 1.33 bits per heavy atom. The van der Waals surface area contributed by atoms with Crippen LogP contribution in [0.2, 0.25) is 0 Å². The maximum atomic E-state index is 12.3. The van der Waals surface area contributed by atoms with E-state index in [1.54, 1.807) is 41.5 Å². The zero-order chi connectivity index (χ0) is 16.4. The molecule has 0 bridgehead atoms. The number of rotatable bonds is 2. The Labute approximate surface area is 126 Å². The summed E-state index contributed by atoms with van der Waals surface area (Å²) in [5.41, 5.74) is -1.26. The molecule has 0 aromatic heterocycles. The lowest BCUT2D eigenvalue weighted by Gasteiger charge is -2.32. The molecular weight excluding hydrogens is 272 g/mol. The molecular formula is C16H26O5. The average molecular weight is 298 g/mol. The summed E-state index contributed by atoms with van der Waals surface area (Å²) >= 11 is 0. The standard InChI is InChI=1S/C16H26O5/c1-15(2,3)20-13(18)11-8-7-10(17)9-12(11)14(19)21-16(4,5)6/h11-12H,7-9H2,1-6H3/t11-,12+/m0/s1. The van der Waals surface area contributed by atoms with Gasteiger partial charge in [-0.25, -0.2) is 0 Å². The maximum absolute atomic E-state index is 12.3. The van der Waals surface area contributed by atoms with Gasteiger partial charge in [0.25, 0.3) is 0 Å². The van der Waals surface area contributed by atoms with E-state index >= 15 is 0 Å². The largest absolute Gasteiger partial charge is 0.460 e. The number of hydrogen-bond donors (Lipinski definition) is 0. The molecule has 0 aromatic carbocycles. The van der Waals surface area contributed by atoms with E-state index in [0.29, 0.717) is 12.8 Å². The van der Waals surface area contributed by atoms with Gasteiger partial charge in [-0.3, -0.25) is 14.4 Å². The van der Waals surface area contributed by atoms with Crippen LogP contribution in [-0.4, -0.2) is 28.9 Å². The van der Waals surface area contributed by atoms with Crippen LogP contribution >= 0.6 is 0 Å². The summed E-state index contributed by atoms with van der Waals surface area (Å²) in [5.74, 6) is -2.26. The topological polar surface area (TPSA) is 69.7 Å². The SMILES string of the molecule is CC(C)(C)OC(=O)[C@H]1CCC(=O)C[C@H]1C(=O)OC(C)(C)C. The predicted octanol–water partition coefficient (Wildman–Crippen LogP) is 2.66. The molecule has 5 heteroatoms. The monoisotopic (exact) mass is 298 g/mol. The molecule has 1 aliphatic rings. The fourth-order valence-electron chi connectivity index (χ4n) is 2.29. The number of carbonyl (C=O) groups excluding carboxylic acids is 3. The Morgan fingerprint density at radius 3 is 1.76 bits per heavy atom. The van der Waals surface area contributed by atoms with Crippen molar-refractivity contribution in [3.05, 3.63) is 0 Å². The minimum atomic E-state index is -0.736. The zero-order valence-corrected chi connectivity index (χ0v) is 13.8. The van der Waals surface area contributed by atoms with Crippen LogP contribution in [0.1, 0.15) is 60.8 Å². The Morgan fingerprint density at radius 1 is 0.905 bits per heavy atom. The minimum absolute atomic E-state index is 0.00864. The van der Waals surface area contributed by atoms with Gasteiger partial charge >= 0.3 is 11.9 Å². The first-order valence-corrected chi connectivity index (χ1v) is 7.36. The number of Topliss-reactive ketones (excluding diaryl/α,β-unsaturated/α-hetero) is 1. The van der Waals surface area contributed by atoms with Crippen molar-refractivity contribution in [2.24, 2.45) is 11.8 Å². The molecule has 5 nitrogen and oxygen atoms in total. The molecule has 2 atom stereocenters. The van der Waals surface area contributed by atoms with E-state index in [0.717, 1.165) is 0 Å². The molecule has 1 rings (SSSR count). The maximum Gasteiger partial charge on any atom is 0.310 e. The van der Waals surface area contributed by atoms with Crippen molar-refractivity contribution < 1.29 is 23.9 Å². The summed E-state index contributed by atoms with van der Waals surface area (Å²) in [6.07, 6.45) is 0.708. The summed E-state index contributed by atoms with van der Waals surface area (Å²) < 4.78 is 10.7. The van der Waals surface area contributed by atoms with Crippen LogP contribution in [0.5, 0.6) is 0 Å². The van der Waals surface area contributed by atoms with Gasteiger partial charge in [0.05, 0.1) is 11.8 Å². The molecule has 0 N–H and O–H groups in total. The normalized spacial score (nSPS) is 23.6. The molecule has 0 heterocycles. The molecule has 0 aliphatic heterocycles. The van der Waals surface area contributed by atoms with Crippen LogP contribution in [0.15, 0.2) is 0 Å². The first-order chi connectivity index (χ1) is 9.39. The summed E-state index contributed by atoms with van der Waals surface area (Å²) in [6.45, 7) is 10.6. The fraction of sp³-hybridized carbons (Fsp3) is 0.812. The molecule has 0 unspecified atom stereocenters.